The topological polar surface area (TPSA) is 41.1 Å². The van der Waals surface area contributed by atoms with Crippen molar-refractivity contribution in [3.8, 4) is 5.75 Å². The van der Waals surface area contributed by atoms with E-state index in [2.05, 4.69) is 46.9 Å². The maximum Gasteiger partial charge on any atom is 0.131 e. The van der Waals surface area contributed by atoms with Crippen molar-refractivity contribution in [1.82, 2.24) is 14.9 Å². The highest BCUT2D eigenvalue weighted by atomic mass is 16.5. The zero-order chi connectivity index (χ0) is 21.0. The average Bonchev–Trinajstić information content (AvgIpc) is 3.20. The molecule has 1 N–H and O–H groups in total. The van der Waals surface area contributed by atoms with Crippen molar-refractivity contribution < 1.29 is 4.74 Å². The molecule has 30 heavy (non-hydrogen) atoms. The second kappa shape index (κ2) is 12.2. The lowest BCUT2D eigenvalue weighted by Gasteiger charge is -2.21. The minimum atomic E-state index is 0.767. The van der Waals surface area contributed by atoms with E-state index in [1.54, 1.807) is 0 Å². The van der Waals surface area contributed by atoms with Crippen molar-refractivity contribution in [2.24, 2.45) is 0 Å². The van der Waals surface area contributed by atoms with Crippen molar-refractivity contribution in [2.75, 3.05) is 26.2 Å². The van der Waals surface area contributed by atoms with Crippen LogP contribution in [0.4, 0.5) is 0 Å². The summed E-state index contributed by atoms with van der Waals surface area (Å²) in [5.41, 5.74) is 3.18. The zero-order valence-electron chi connectivity index (χ0n) is 18.4. The Morgan fingerprint density at radius 2 is 1.57 bits per heavy atom. The number of ether oxygens (including phenoxy) is 1. The fourth-order valence-corrected chi connectivity index (χ4v) is 3.48. The number of fused-ring (bicyclic) bond motifs is 1. The summed E-state index contributed by atoms with van der Waals surface area (Å²) >= 11 is 0. The van der Waals surface area contributed by atoms with E-state index >= 15 is 0 Å². The molecule has 4 nitrogen and oxygen atoms in total. The van der Waals surface area contributed by atoms with Crippen molar-refractivity contribution in [1.29, 1.82) is 0 Å². The summed E-state index contributed by atoms with van der Waals surface area (Å²) in [4.78, 5) is 10.5. The van der Waals surface area contributed by atoms with Gasteiger partial charge in [-0.25, -0.2) is 4.98 Å². The zero-order valence-corrected chi connectivity index (χ0v) is 18.4. The fourth-order valence-electron chi connectivity index (χ4n) is 3.48. The van der Waals surface area contributed by atoms with Gasteiger partial charge in [-0.1, -0.05) is 57.0 Å². The Labute approximate surface area is 181 Å². The molecule has 0 aliphatic rings. The van der Waals surface area contributed by atoms with Crippen molar-refractivity contribution in [3.05, 3.63) is 59.9 Å². The van der Waals surface area contributed by atoms with E-state index in [0.29, 0.717) is 0 Å². The number of unbranched alkanes of at least 4 members (excludes halogenated alkanes) is 2. The van der Waals surface area contributed by atoms with Crippen LogP contribution < -0.4 is 4.74 Å². The second-order valence-corrected chi connectivity index (χ2v) is 7.79. The summed E-state index contributed by atoms with van der Waals surface area (Å²) in [6, 6.07) is 16.3. The standard InChI is InChI=1S/C26H35N3O/c1-3-5-18-29(19-6-4-2)20-9-21-30-23-15-12-22(13-16-23)14-17-26-27-24-10-7-8-11-25(24)28-26/h7-8,10-17H,3-6,9,18-21H2,1-2H3,(H,27,28)/b17-14+. The molecular weight excluding hydrogens is 370 g/mol. The van der Waals surface area contributed by atoms with Gasteiger partial charge in [0.2, 0.25) is 0 Å². The third kappa shape index (κ3) is 7.03. The van der Waals surface area contributed by atoms with Gasteiger partial charge in [0.1, 0.15) is 11.6 Å². The van der Waals surface area contributed by atoms with Gasteiger partial charge in [0.15, 0.2) is 0 Å². The summed E-state index contributed by atoms with van der Waals surface area (Å²) in [5.74, 6) is 1.80. The number of nitrogens with zero attached hydrogens (tertiary/aromatic N) is 2. The number of imidazole rings is 1. The van der Waals surface area contributed by atoms with E-state index < -0.39 is 0 Å². The lowest BCUT2D eigenvalue weighted by Crippen LogP contribution is -2.28. The highest BCUT2D eigenvalue weighted by Gasteiger charge is 2.04. The summed E-state index contributed by atoms with van der Waals surface area (Å²) in [7, 11) is 0. The van der Waals surface area contributed by atoms with E-state index in [1.807, 2.05) is 42.5 Å². The molecular formula is C26H35N3O. The van der Waals surface area contributed by atoms with Crippen LogP contribution in [0.25, 0.3) is 23.2 Å². The quantitative estimate of drug-likeness (QED) is 0.334. The van der Waals surface area contributed by atoms with Crippen molar-refractivity contribution >= 4 is 23.2 Å². The SMILES string of the molecule is CCCCN(CCCC)CCCOc1ccc(/C=C/c2nc3ccccc3[nH]2)cc1. The molecule has 160 valence electrons. The van der Waals surface area contributed by atoms with Crippen molar-refractivity contribution in [2.45, 2.75) is 46.0 Å². The lowest BCUT2D eigenvalue weighted by molar-refractivity contribution is 0.229. The van der Waals surface area contributed by atoms with Gasteiger partial charge in [0.25, 0.3) is 0 Å². The first-order chi connectivity index (χ1) is 14.8. The van der Waals surface area contributed by atoms with Gasteiger partial charge in [0.05, 0.1) is 17.6 Å². The smallest absolute Gasteiger partial charge is 0.131 e. The van der Waals surface area contributed by atoms with Gasteiger partial charge >= 0.3 is 0 Å². The Morgan fingerprint density at radius 1 is 0.867 bits per heavy atom. The molecule has 3 aromatic rings. The Kier molecular flexibility index (Phi) is 8.98. The third-order valence-corrected chi connectivity index (χ3v) is 5.26. The first-order valence-electron chi connectivity index (χ1n) is 11.4. The van der Waals surface area contributed by atoms with Crippen LogP contribution in [-0.4, -0.2) is 41.1 Å². The van der Waals surface area contributed by atoms with E-state index in [1.165, 1.54) is 38.8 Å². The van der Waals surface area contributed by atoms with Gasteiger partial charge < -0.3 is 14.6 Å². The molecule has 2 aromatic carbocycles. The predicted molar refractivity (Wildman–Crippen MR) is 128 cm³/mol. The largest absolute Gasteiger partial charge is 0.494 e. The highest BCUT2D eigenvalue weighted by molar-refractivity contribution is 5.78. The molecule has 0 fully saturated rings. The molecule has 1 aromatic heterocycles. The van der Waals surface area contributed by atoms with E-state index in [-0.39, 0.29) is 0 Å². The molecule has 1 heterocycles. The highest BCUT2D eigenvalue weighted by Crippen LogP contribution is 2.16. The molecule has 0 amide bonds. The van der Waals surface area contributed by atoms with Crippen LogP contribution in [0, 0.1) is 0 Å². The summed E-state index contributed by atoms with van der Waals surface area (Å²) in [5, 5.41) is 0. The minimum absolute atomic E-state index is 0.767. The summed E-state index contributed by atoms with van der Waals surface area (Å²) in [6.45, 7) is 8.83. The molecule has 0 atom stereocenters. The molecule has 0 saturated carbocycles. The fraction of sp³-hybridized carbons (Fsp3) is 0.423. The number of aromatic nitrogens is 2. The molecule has 0 saturated heterocycles. The van der Waals surface area contributed by atoms with Crippen LogP contribution in [0.2, 0.25) is 0 Å². The predicted octanol–water partition coefficient (Wildman–Crippen LogP) is 6.40. The number of H-pyrrole nitrogens is 1. The van der Waals surface area contributed by atoms with Crippen LogP contribution >= 0.6 is 0 Å². The van der Waals surface area contributed by atoms with Gasteiger partial charge in [-0.05, 0) is 68.3 Å². The molecule has 0 bridgehead atoms. The molecule has 0 radical (unpaired) electrons. The number of rotatable bonds is 13. The Hall–Kier alpha value is -2.59. The lowest BCUT2D eigenvalue weighted by atomic mass is 10.2. The molecule has 4 heteroatoms. The van der Waals surface area contributed by atoms with Gasteiger partial charge in [0, 0.05) is 6.54 Å². The molecule has 3 rings (SSSR count). The number of para-hydroxylation sites is 2. The van der Waals surface area contributed by atoms with Crippen LogP contribution in [0.3, 0.4) is 0 Å². The summed E-state index contributed by atoms with van der Waals surface area (Å²) < 4.78 is 5.95. The van der Waals surface area contributed by atoms with Crippen LogP contribution in [0.1, 0.15) is 57.3 Å². The Morgan fingerprint density at radius 3 is 2.27 bits per heavy atom. The minimum Gasteiger partial charge on any atom is -0.494 e. The number of benzene rings is 2. The number of aromatic amines is 1. The normalized spacial score (nSPS) is 11.7. The first kappa shape index (κ1) is 22.1. The number of nitrogens with one attached hydrogen (secondary N) is 1. The van der Waals surface area contributed by atoms with E-state index in [0.717, 1.165) is 47.7 Å². The third-order valence-electron chi connectivity index (χ3n) is 5.26. The Balaban J connectivity index is 1.43. The van der Waals surface area contributed by atoms with Crippen LogP contribution in [-0.2, 0) is 0 Å². The molecule has 0 aliphatic carbocycles. The maximum atomic E-state index is 5.95. The Bertz CT molecular complexity index is 857. The molecule has 0 spiro atoms. The summed E-state index contributed by atoms with van der Waals surface area (Å²) in [6.07, 6.45) is 10.2. The second-order valence-electron chi connectivity index (χ2n) is 7.79. The van der Waals surface area contributed by atoms with Crippen LogP contribution in [0.5, 0.6) is 5.75 Å². The van der Waals surface area contributed by atoms with E-state index in [4.69, 9.17) is 4.74 Å². The number of hydrogen-bond acceptors (Lipinski definition) is 3. The van der Waals surface area contributed by atoms with Gasteiger partial charge in [-0.3, -0.25) is 0 Å². The molecule has 0 unspecified atom stereocenters. The van der Waals surface area contributed by atoms with Crippen molar-refractivity contribution in [3.63, 3.8) is 0 Å². The van der Waals surface area contributed by atoms with E-state index in [9.17, 15) is 0 Å². The molecule has 0 aliphatic heterocycles. The monoisotopic (exact) mass is 405 g/mol. The van der Waals surface area contributed by atoms with Crippen LogP contribution in [0.15, 0.2) is 48.5 Å². The average molecular weight is 406 g/mol. The first-order valence-corrected chi connectivity index (χ1v) is 11.4. The maximum absolute atomic E-state index is 5.95. The van der Waals surface area contributed by atoms with Gasteiger partial charge in [-0.2, -0.15) is 0 Å². The number of hydrogen-bond donors (Lipinski definition) is 1. The van der Waals surface area contributed by atoms with Gasteiger partial charge in [-0.15, -0.1) is 0 Å².